The Bertz CT molecular complexity index is 1160. The molecule has 0 radical (unpaired) electrons. The van der Waals surface area contributed by atoms with Gasteiger partial charge < -0.3 is 24.4 Å². The third-order valence-electron chi connectivity index (χ3n) is 5.84. The van der Waals surface area contributed by atoms with Crippen LogP contribution < -0.4 is 0 Å². The highest BCUT2D eigenvalue weighted by Crippen LogP contribution is 2.27. The zero-order chi connectivity index (χ0) is 30.4. The van der Waals surface area contributed by atoms with Crippen molar-refractivity contribution in [1.29, 1.82) is 0 Å². The number of amides is 1. The molecule has 0 unspecified atom stereocenters. The number of ether oxygens (including phenoxy) is 1. The Hall–Kier alpha value is -3.73. The molecular formula is C23H26F6N4O7. The molecule has 222 valence electrons. The van der Waals surface area contributed by atoms with Crippen LogP contribution in [-0.4, -0.2) is 98.7 Å². The number of carboxylic acid groups (broad SMARTS) is 2. The predicted molar refractivity (Wildman–Crippen MR) is 122 cm³/mol. The molecule has 17 heteroatoms. The van der Waals surface area contributed by atoms with E-state index in [9.17, 15) is 31.1 Å². The molecule has 0 aliphatic carbocycles. The van der Waals surface area contributed by atoms with E-state index in [-0.39, 0.29) is 18.1 Å². The molecule has 0 saturated carbocycles. The van der Waals surface area contributed by atoms with E-state index < -0.39 is 24.3 Å². The molecule has 2 aromatic heterocycles. The lowest BCUT2D eigenvalue weighted by molar-refractivity contribution is -0.193. The Labute approximate surface area is 223 Å². The maximum absolute atomic E-state index is 12.8. The highest BCUT2D eigenvalue weighted by atomic mass is 19.4. The lowest BCUT2D eigenvalue weighted by atomic mass is 10.1. The van der Waals surface area contributed by atoms with E-state index >= 15 is 0 Å². The van der Waals surface area contributed by atoms with Gasteiger partial charge in [0.2, 0.25) is 0 Å². The van der Waals surface area contributed by atoms with Crippen molar-refractivity contribution in [1.82, 2.24) is 19.9 Å². The normalized spacial score (nSPS) is 19.1. The van der Waals surface area contributed by atoms with Gasteiger partial charge in [-0.05, 0) is 32.9 Å². The SMILES string of the molecule is Cc1cccc(C(=O)N2C[C@@H]3OCCN(Cc4c(C)noc4C)[C@@H]3C2)n1.O=C(O)C(F)(F)F.O=C(O)C(F)(F)F. The van der Waals surface area contributed by atoms with Crippen molar-refractivity contribution in [3.8, 4) is 0 Å². The van der Waals surface area contributed by atoms with Crippen LogP contribution in [0.3, 0.4) is 0 Å². The third-order valence-corrected chi connectivity index (χ3v) is 5.84. The summed E-state index contributed by atoms with van der Waals surface area (Å²) in [5, 5.41) is 18.3. The van der Waals surface area contributed by atoms with Gasteiger partial charge in [-0.25, -0.2) is 14.6 Å². The monoisotopic (exact) mass is 584 g/mol. The number of nitrogens with zero attached hydrogens (tertiary/aromatic N) is 4. The van der Waals surface area contributed by atoms with Crippen LogP contribution in [0.4, 0.5) is 26.3 Å². The van der Waals surface area contributed by atoms with Gasteiger partial charge in [-0.2, -0.15) is 26.3 Å². The van der Waals surface area contributed by atoms with Crippen LogP contribution in [0, 0.1) is 20.8 Å². The minimum atomic E-state index is -5.08. The molecule has 2 fully saturated rings. The molecule has 2 atom stereocenters. The van der Waals surface area contributed by atoms with Gasteiger partial charge >= 0.3 is 24.3 Å². The summed E-state index contributed by atoms with van der Waals surface area (Å²) >= 11 is 0. The Morgan fingerprint density at radius 3 is 2.05 bits per heavy atom. The molecule has 4 heterocycles. The molecule has 0 aromatic carbocycles. The van der Waals surface area contributed by atoms with Crippen molar-refractivity contribution in [3.05, 3.63) is 46.6 Å². The minimum absolute atomic E-state index is 0.0241. The van der Waals surface area contributed by atoms with Crippen LogP contribution in [0.2, 0.25) is 0 Å². The number of carbonyl (C=O) groups is 3. The number of hydrogen-bond acceptors (Lipinski definition) is 8. The molecule has 2 aromatic rings. The van der Waals surface area contributed by atoms with E-state index in [1.165, 1.54) is 0 Å². The topological polar surface area (TPSA) is 146 Å². The highest BCUT2D eigenvalue weighted by Gasteiger charge is 2.42. The number of rotatable bonds is 3. The fourth-order valence-corrected chi connectivity index (χ4v) is 3.88. The molecular weight excluding hydrogens is 558 g/mol. The number of morpholine rings is 1. The summed E-state index contributed by atoms with van der Waals surface area (Å²) < 4.78 is 74.7. The molecule has 2 aliphatic heterocycles. The van der Waals surface area contributed by atoms with Gasteiger partial charge in [-0.3, -0.25) is 9.69 Å². The predicted octanol–water partition coefficient (Wildman–Crippen LogP) is 2.99. The van der Waals surface area contributed by atoms with Crippen molar-refractivity contribution in [2.75, 3.05) is 26.2 Å². The van der Waals surface area contributed by atoms with Crippen molar-refractivity contribution >= 4 is 17.8 Å². The quantitative estimate of drug-likeness (QED) is 0.517. The molecule has 2 saturated heterocycles. The summed E-state index contributed by atoms with van der Waals surface area (Å²) in [4.78, 5) is 39.3. The summed E-state index contributed by atoms with van der Waals surface area (Å²) in [5.74, 6) is -4.68. The fraction of sp³-hybridized carbons (Fsp3) is 0.522. The van der Waals surface area contributed by atoms with Crippen molar-refractivity contribution in [2.24, 2.45) is 0 Å². The van der Waals surface area contributed by atoms with Gasteiger partial charge in [0.1, 0.15) is 11.5 Å². The number of alkyl halides is 6. The van der Waals surface area contributed by atoms with Gasteiger partial charge in [-0.1, -0.05) is 11.2 Å². The number of likely N-dealkylation sites (tertiary alicyclic amines) is 1. The third kappa shape index (κ3) is 8.90. The van der Waals surface area contributed by atoms with Gasteiger partial charge in [-0.15, -0.1) is 0 Å². The second kappa shape index (κ2) is 13.1. The largest absolute Gasteiger partial charge is 0.490 e. The summed E-state index contributed by atoms with van der Waals surface area (Å²) in [5.41, 5.74) is 3.42. The Kier molecular flexibility index (Phi) is 10.6. The first-order chi connectivity index (χ1) is 18.4. The summed E-state index contributed by atoms with van der Waals surface area (Å²) in [6.07, 6.45) is -10.1. The smallest absolute Gasteiger partial charge is 0.475 e. The maximum Gasteiger partial charge on any atom is 0.490 e. The second-order valence-corrected chi connectivity index (χ2v) is 8.73. The lowest BCUT2D eigenvalue weighted by Crippen LogP contribution is -2.50. The van der Waals surface area contributed by atoms with Gasteiger partial charge in [0, 0.05) is 37.4 Å². The highest BCUT2D eigenvalue weighted by molar-refractivity contribution is 5.92. The molecule has 1 amide bonds. The average molecular weight is 584 g/mol. The number of hydrogen-bond donors (Lipinski definition) is 2. The second-order valence-electron chi connectivity index (χ2n) is 8.73. The van der Waals surface area contributed by atoms with Gasteiger partial charge in [0.05, 0.1) is 24.4 Å². The number of fused-ring (bicyclic) bond motifs is 1. The Morgan fingerprint density at radius 1 is 1.00 bits per heavy atom. The Morgan fingerprint density at radius 2 is 1.57 bits per heavy atom. The summed E-state index contributed by atoms with van der Waals surface area (Å²) in [7, 11) is 0. The molecule has 0 spiro atoms. The number of carboxylic acids is 2. The average Bonchev–Trinajstić information content (AvgIpc) is 3.42. The minimum Gasteiger partial charge on any atom is -0.475 e. The summed E-state index contributed by atoms with van der Waals surface area (Å²) in [6.45, 7) is 9.37. The van der Waals surface area contributed by atoms with Crippen molar-refractivity contribution in [2.45, 2.75) is 51.8 Å². The van der Waals surface area contributed by atoms with E-state index in [1.54, 1.807) is 6.07 Å². The van der Waals surface area contributed by atoms with E-state index in [2.05, 4.69) is 15.0 Å². The lowest BCUT2D eigenvalue weighted by Gasteiger charge is -2.36. The first-order valence-corrected chi connectivity index (χ1v) is 11.5. The standard InChI is InChI=1S/C19H24N4O3.2C2HF3O2/c1-12-5-4-6-16(20-12)19(24)23-10-17-18(11-23)25-8-7-22(17)9-15-13(2)21-26-14(15)3;2*3-2(4,5)1(6)7/h4-6,17-18H,7-11H2,1-3H3;2*(H,6,7)/t17-,18+;;/m1../s1. The number of halogens is 6. The van der Waals surface area contributed by atoms with E-state index in [0.717, 1.165) is 35.8 Å². The first-order valence-electron chi connectivity index (χ1n) is 11.5. The van der Waals surface area contributed by atoms with Crippen molar-refractivity contribution < 1.29 is 60.2 Å². The zero-order valence-corrected chi connectivity index (χ0v) is 21.4. The van der Waals surface area contributed by atoms with Crippen LogP contribution in [0.5, 0.6) is 0 Å². The van der Waals surface area contributed by atoms with Crippen molar-refractivity contribution in [3.63, 3.8) is 0 Å². The number of pyridine rings is 1. The Balaban J connectivity index is 0.000000333. The van der Waals surface area contributed by atoms with Crippen LogP contribution >= 0.6 is 0 Å². The van der Waals surface area contributed by atoms with Crippen LogP contribution in [0.25, 0.3) is 0 Å². The maximum atomic E-state index is 12.8. The van der Waals surface area contributed by atoms with Crippen LogP contribution in [0.15, 0.2) is 22.7 Å². The molecule has 4 rings (SSSR count). The fourth-order valence-electron chi connectivity index (χ4n) is 3.88. The first kappa shape index (κ1) is 32.5. The molecule has 0 bridgehead atoms. The number of aliphatic carboxylic acids is 2. The number of aryl methyl sites for hydroxylation is 3. The van der Waals surface area contributed by atoms with E-state index in [1.807, 2.05) is 37.8 Å². The molecule has 2 aliphatic rings. The molecule has 11 nitrogen and oxygen atoms in total. The van der Waals surface area contributed by atoms with Crippen LogP contribution in [0.1, 0.15) is 33.2 Å². The zero-order valence-electron chi connectivity index (χ0n) is 21.4. The number of aromatic nitrogens is 2. The van der Waals surface area contributed by atoms with E-state index in [0.29, 0.717) is 25.4 Å². The van der Waals surface area contributed by atoms with Crippen LogP contribution in [-0.2, 0) is 20.9 Å². The molecule has 40 heavy (non-hydrogen) atoms. The van der Waals surface area contributed by atoms with E-state index in [4.69, 9.17) is 29.1 Å². The molecule has 2 N–H and O–H groups in total. The van der Waals surface area contributed by atoms with Gasteiger partial charge in [0.25, 0.3) is 5.91 Å². The summed E-state index contributed by atoms with van der Waals surface area (Å²) in [6, 6.07) is 5.74. The number of carbonyl (C=O) groups excluding carboxylic acids is 1. The van der Waals surface area contributed by atoms with Gasteiger partial charge in [0.15, 0.2) is 0 Å².